The molecular formula is C13H14BrFN2O2. The van der Waals surface area contributed by atoms with Crippen LogP contribution in [0.25, 0.3) is 0 Å². The highest BCUT2D eigenvalue weighted by Gasteiger charge is 2.24. The SMILES string of the molecule is O=C1CCC(C(=O)NCc2cc(F)ccc2Br)CN1. The Kier molecular flexibility index (Phi) is 4.52. The Morgan fingerprint density at radius 2 is 2.32 bits per heavy atom. The van der Waals surface area contributed by atoms with Gasteiger partial charge in [0.05, 0.1) is 5.92 Å². The van der Waals surface area contributed by atoms with E-state index in [1.165, 1.54) is 12.1 Å². The number of amides is 2. The van der Waals surface area contributed by atoms with Gasteiger partial charge in [-0.2, -0.15) is 0 Å². The normalized spacial score (nSPS) is 18.8. The molecule has 1 unspecified atom stereocenters. The van der Waals surface area contributed by atoms with Gasteiger partial charge in [-0.3, -0.25) is 9.59 Å². The maximum absolute atomic E-state index is 13.1. The fraction of sp³-hybridized carbons (Fsp3) is 0.385. The zero-order chi connectivity index (χ0) is 13.8. The summed E-state index contributed by atoms with van der Waals surface area (Å²) in [5.41, 5.74) is 0.688. The molecule has 2 N–H and O–H groups in total. The van der Waals surface area contributed by atoms with Crippen LogP contribution in [-0.2, 0) is 16.1 Å². The minimum absolute atomic E-state index is 0.0167. The van der Waals surface area contributed by atoms with Crippen molar-refractivity contribution in [3.8, 4) is 0 Å². The lowest BCUT2D eigenvalue weighted by Crippen LogP contribution is -2.42. The number of nitrogens with one attached hydrogen (secondary N) is 2. The number of carbonyl (C=O) groups excluding carboxylic acids is 2. The van der Waals surface area contributed by atoms with E-state index in [-0.39, 0.29) is 30.1 Å². The molecule has 2 rings (SSSR count). The molecular weight excluding hydrogens is 315 g/mol. The van der Waals surface area contributed by atoms with E-state index in [2.05, 4.69) is 26.6 Å². The van der Waals surface area contributed by atoms with Gasteiger partial charge in [-0.15, -0.1) is 0 Å². The first-order valence-corrected chi connectivity index (χ1v) is 6.84. The van der Waals surface area contributed by atoms with Gasteiger partial charge >= 0.3 is 0 Å². The number of benzene rings is 1. The maximum atomic E-state index is 13.1. The lowest BCUT2D eigenvalue weighted by molar-refractivity contribution is -0.129. The molecule has 1 fully saturated rings. The number of piperidine rings is 1. The van der Waals surface area contributed by atoms with Crippen LogP contribution in [0.2, 0.25) is 0 Å². The van der Waals surface area contributed by atoms with Crippen LogP contribution in [-0.4, -0.2) is 18.4 Å². The Balaban J connectivity index is 1.89. The minimum Gasteiger partial charge on any atom is -0.355 e. The van der Waals surface area contributed by atoms with Crippen molar-refractivity contribution in [3.05, 3.63) is 34.1 Å². The van der Waals surface area contributed by atoms with Crippen LogP contribution in [0.4, 0.5) is 4.39 Å². The summed E-state index contributed by atoms with van der Waals surface area (Å²) in [5, 5.41) is 5.43. The van der Waals surface area contributed by atoms with Crippen molar-refractivity contribution in [1.82, 2.24) is 10.6 Å². The van der Waals surface area contributed by atoms with Gasteiger partial charge in [0.2, 0.25) is 11.8 Å². The van der Waals surface area contributed by atoms with Crippen LogP contribution in [0.15, 0.2) is 22.7 Å². The summed E-state index contributed by atoms with van der Waals surface area (Å²) in [6.45, 7) is 0.636. The molecule has 1 heterocycles. The molecule has 0 aliphatic carbocycles. The standard InChI is InChI=1S/C13H14BrFN2O2/c14-11-3-2-10(15)5-9(11)7-17-13(19)8-1-4-12(18)16-6-8/h2-3,5,8H,1,4,6-7H2,(H,16,18)(H,17,19). The Morgan fingerprint density at radius 3 is 3.00 bits per heavy atom. The van der Waals surface area contributed by atoms with Gasteiger partial charge in [-0.1, -0.05) is 15.9 Å². The summed E-state index contributed by atoms with van der Waals surface area (Å²) >= 11 is 3.31. The highest BCUT2D eigenvalue weighted by Crippen LogP contribution is 2.18. The molecule has 2 amide bonds. The van der Waals surface area contributed by atoms with Crippen LogP contribution < -0.4 is 10.6 Å². The lowest BCUT2D eigenvalue weighted by atomic mass is 9.98. The Morgan fingerprint density at radius 1 is 1.53 bits per heavy atom. The second-order valence-corrected chi connectivity index (χ2v) is 5.35. The molecule has 0 radical (unpaired) electrons. The smallest absolute Gasteiger partial charge is 0.225 e. The fourth-order valence-electron chi connectivity index (χ4n) is 1.96. The third-order valence-electron chi connectivity index (χ3n) is 3.10. The van der Waals surface area contributed by atoms with E-state index in [1.807, 2.05) is 0 Å². The Bertz CT molecular complexity index is 497. The Hall–Kier alpha value is -1.43. The number of halogens is 2. The molecule has 1 saturated heterocycles. The number of hydrogen-bond donors (Lipinski definition) is 2. The molecule has 0 saturated carbocycles. The van der Waals surface area contributed by atoms with Crippen molar-refractivity contribution in [2.24, 2.45) is 5.92 Å². The summed E-state index contributed by atoms with van der Waals surface area (Å²) in [5.74, 6) is -0.671. The van der Waals surface area contributed by atoms with E-state index in [9.17, 15) is 14.0 Å². The van der Waals surface area contributed by atoms with Crippen molar-refractivity contribution >= 4 is 27.7 Å². The van der Waals surface area contributed by atoms with Gasteiger partial charge in [-0.05, 0) is 30.2 Å². The average molecular weight is 329 g/mol. The van der Waals surface area contributed by atoms with Gasteiger partial charge in [0, 0.05) is 24.0 Å². The highest BCUT2D eigenvalue weighted by atomic mass is 79.9. The van der Waals surface area contributed by atoms with Crippen LogP contribution >= 0.6 is 15.9 Å². The van der Waals surface area contributed by atoms with Crippen LogP contribution in [0.1, 0.15) is 18.4 Å². The predicted molar refractivity (Wildman–Crippen MR) is 71.7 cm³/mol. The summed E-state index contributed by atoms with van der Waals surface area (Å²) in [7, 11) is 0. The number of carbonyl (C=O) groups is 2. The van der Waals surface area contributed by atoms with Gasteiger partial charge in [0.15, 0.2) is 0 Å². The van der Waals surface area contributed by atoms with Crippen LogP contribution in [0, 0.1) is 11.7 Å². The third kappa shape index (κ3) is 3.76. The fourth-order valence-corrected chi connectivity index (χ4v) is 2.35. The zero-order valence-corrected chi connectivity index (χ0v) is 11.8. The largest absolute Gasteiger partial charge is 0.355 e. The van der Waals surface area contributed by atoms with Crippen molar-refractivity contribution in [1.29, 1.82) is 0 Å². The predicted octanol–water partition coefficient (Wildman–Crippen LogP) is 1.73. The van der Waals surface area contributed by atoms with Crippen molar-refractivity contribution < 1.29 is 14.0 Å². The molecule has 4 nitrogen and oxygen atoms in total. The summed E-state index contributed by atoms with van der Waals surface area (Å²) in [4.78, 5) is 22.9. The molecule has 1 aromatic carbocycles. The second-order valence-electron chi connectivity index (χ2n) is 4.49. The van der Waals surface area contributed by atoms with Gasteiger partial charge in [0.25, 0.3) is 0 Å². The molecule has 1 aliphatic heterocycles. The van der Waals surface area contributed by atoms with Crippen LogP contribution in [0.3, 0.4) is 0 Å². The molecule has 0 spiro atoms. The van der Waals surface area contributed by atoms with Crippen molar-refractivity contribution in [2.45, 2.75) is 19.4 Å². The molecule has 102 valence electrons. The zero-order valence-electron chi connectivity index (χ0n) is 10.2. The van der Waals surface area contributed by atoms with Gasteiger partial charge in [0.1, 0.15) is 5.82 Å². The topological polar surface area (TPSA) is 58.2 Å². The summed E-state index contributed by atoms with van der Waals surface area (Å²) < 4.78 is 13.8. The van der Waals surface area contributed by atoms with E-state index in [4.69, 9.17) is 0 Å². The number of hydrogen-bond acceptors (Lipinski definition) is 2. The maximum Gasteiger partial charge on any atom is 0.225 e. The van der Waals surface area contributed by atoms with E-state index in [1.54, 1.807) is 6.07 Å². The number of rotatable bonds is 3. The first-order valence-electron chi connectivity index (χ1n) is 6.04. The van der Waals surface area contributed by atoms with E-state index < -0.39 is 0 Å². The molecule has 0 aromatic heterocycles. The molecule has 0 bridgehead atoms. The second kappa shape index (κ2) is 6.14. The minimum atomic E-state index is -0.336. The molecule has 1 aliphatic rings. The average Bonchev–Trinajstić information content (AvgIpc) is 2.40. The van der Waals surface area contributed by atoms with Crippen molar-refractivity contribution in [3.63, 3.8) is 0 Å². The first-order chi connectivity index (χ1) is 9.06. The summed E-state index contributed by atoms with van der Waals surface area (Å²) in [6.07, 6.45) is 0.934. The highest BCUT2D eigenvalue weighted by molar-refractivity contribution is 9.10. The van der Waals surface area contributed by atoms with E-state index in [0.29, 0.717) is 24.9 Å². The lowest BCUT2D eigenvalue weighted by Gasteiger charge is -2.21. The van der Waals surface area contributed by atoms with Crippen molar-refractivity contribution in [2.75, 3.05) is 6.54 Å². The molecule has 1 aromatic rings. The van der Waals surface area contributed by atoms with E-state index >= 15 is 0 Å². The molecule has 6 heteroatoms. The van der Waals surface area contributed by atoms with E-state index in [0.717, 1.165) is 4.47 Å². The van der Waals surface area contributed by atoms with Gasteiger partial charge < -0.3 is 10.6 Å². The van der Waals surface area contributed by atoms with Crippen LogP contribution in [0.5, 0.6) is 0 Å². The quantitative estimate of drug-likeness (QED) is 0.887. The Labute approximate surface area is 118 Å². The third-order valence-corrected chi connectivity index (χ3v) is 3.87. The van der Waals surface area contributed by atoms with Gasteiger partial charge in [-0.25, -0.2) is 4.39 Å². The monoisotopic (exact) mass is 328 g/mol. The molecule has 1 atom stereocenters. The summed E-state index contributed by atoms with van der Waals surface area (Å²) in [6, 6.07) is 4.34. The molecule has 19 heavy (non-hydrogen) atoms. The first kappa shape index (κ1) is 14.0.